The first kappa shape index (κ1) is 20.9. The Morgan fingerprint density at radius 2 is 1.94 bits per heavy atom. The zero-order valence-electron chi connectivity index (χ0n) is 17.4. The maximum atomic E-state index is 12.8. The molecule has 0 unspecified atom stereocenters. The van der Waals surface area contributed by atoms with Gasteiger partial charge in [0.05, 0.1) is 0 Å². The summed E-state index contributed by atoms with van der Waals surface area (Å²) in [4.78, 5) is 30.8. The molecule has 0 bridgehead atoms. The molecule has 1 N–H and O–H groups in total. The fraction of sp³-hybridized carbons (Fsp3) is 0.217. The Hall–Kier alpha value is -3.39. The summed E-state index contributed by atoms with van der Waals surface area (Å²) in [6.07, 6.45) is 4.92. The summed E-state index contributed by atoms with van der Waals surface area (Å²) in [6.45, 7) is 3.98. The van der Waals surface area contributed by atoms with Crippen LogP contribution >= 0.6 is 11.8 Å². The van der Waals surface area contributed by atoms with Crippen molar-refractivity contribution in [2.24, 2.45) is 0 Å². The van der Waals surface area contributed by atoms with Gasteiger partial charge in [0.1, 0.15) is 11.6 Å². The van der Waals surface area contributed by atoms with Gasteiger partial charge in [-0.3, -0.25) is 4.79 Å². The zero-order valence-corrected chi connectivity index (χ0v) is 18.2. The van der Waals surface area contributed by atoms with Gasteiger partial charge < -0.3 is 5.32 Å². The minimum absolute atomic E-state index is 0.174. The van der Waals surface area contributed by atoms with Gasteiger partial charge in [0, 0.05) is 23.0 Å². The van der Waals surface area contributed by atoms with E-state index in [1.165, 1.54) is 26.4 Å². The molecule has 7 nitrogen and oxygen atoms in total. The van der Waals surface area contributed by atoms with Crippen molar-refractivity contribution in [3.8, 4) is 0 Å². The molecule has 158 valence electrons. The van der Waals surface area contributed by atoms with Gasteiger partial charge in [-0.2, -0.15) is 0 Å². The van der Waals surface area contributed by atoms with Gasteiger partial charge in [0.15, 0.2) is 5.65 Å². The number of rotatable bonds is 7. The fourth-order valence-electron chi connectivity index (χ4n) is 3.31. The standard InChI is InChI=1S/C23H23N5O2S/c1-3-16-8-7-10-18(14-16)25-20(29)15-28-23(30)27-13-12-24-22(21(27)26-28)31-19-11-6-5-9-17(19)4-2/h5-14H,3-4,15H2,1-2H3,(H,25,29). The van der Waals surface area contributed by atoms with Crippen LogP contribution in [0.1, 0.15) is 25.0 Å². The second kappa shape index (κ2) is 9.18. The number of hydrogen-bond acceptors (Lipinski definition) is 5. The number of hydrogen-bond donors (Lipinski definition) is 1. The Kier molecular flexibility index (Phi) is 6.18. The minimum Gasteiger partial charge on any atom is -0.324 e. The monoisotopic (exact) mass is 433 g/mol. The van der Waals surface area contributed by atoms with Crippen LogP contribution in [-0.2, 0) is 24.2 Å². The predicted octanol–water partition coefficient (Wildman–Crippen LogP) is 3.81. The second-order valence-corrected chi connectivity index (χ2v) is 8.06. The Balaban J connectivity index is 1.59. The SMILES string of the molecule is CCc1cccc(NC(=O)Cn2nc3c(Sc4ccccc4CC)nccn3c2=O)c1. The summed E-state index contributed by atoms with van der Waals surface area (Å²) in [5.41, 5.74) is 3.09. The van der Waals surface area contributed by atoms with Gasteiger partial charge in [-0.1, -0.05) is 55.9 Å². The van der Waals surface area contributed by atoms with Crippen LogP contribution in [0.2, 0.25) is 0 Å². The number of aromatic nitrogens is 4. The maximum Gasteiger partial charge on any atom is 0.350 e. The van der Waals surface area contributed by atoms with Crippen LogP contribution in [0, 0.1) is 0 Å². The van der Waals surface area contributed by atoms with Crippen LogP contribution in [-0.4, -0.2) is 25.1 Å². The van der Waals surface area contributed by atoms with E-state index in [0.717, 1.165) is 23.3 Å². The molecular formula is C23H23N5O2S. The average Bonchev–Trinajstić information content (AvgIpc) is 3.10. The van der Waals surface area contributed by atoms with Crippen molar-refractivity contribution in [3.63, 3.8) is 0 Å². The van der Waals surface area contributed by atoms with Gasteiger partial charge in [0.25, 0.3) is 0 Å². The number of anilines is 1. The molecule has 2 aromatic carbocycles. The van der Waals surface area contributed by atoms with Crippen LogP contribution in [0.15, 0.2) is 75.6 Å². The van der Waals surface area contributed by atoms with Crippen molar-refractivity contribution >= 4 is 29.0 Å². The molecule has 0 aliphatic carbocycles. The van der Waals surface area contributed by atoms with Gasteiger partial charge in [-0.05, 0) is 42.2 Å². The lowest BCUT2D eigenvalue weighted by Crippen LogP contribution is -2.28. The topological polar surface area (TPSA) is 81.3 Å². The number of nitrogens with zero attached hydrogens (tertiary/aromatic N) is 4. The zero-order chi connectivity index (χ0) is 21.8. The third-order valence-corrected chi connectivity index (χ3v) is 6.04. The fourth-order valence-corrected chi connectivity index (χ4v) is 4.35. The van der Waals surface area contributed by atoms with Crippen molar-refractivity contribution in [2.45, 2.75) is 43.2 Å². The quantitative estimate of drug-likeness (QED) is 0.479. The molecule has 0 spiro atoms. The van der Waals surface area contributed by atoms with E-state index < -0.39 is 0 Å². The van der Waals surface area contributed by atoms with Crippen LogP contribution in [0.5, 0.6) is 0 Å². The summed E-state index contributed by atoms with van der Waals surface area (Å²) in [7, 11) is 0. The summed E-state index contributed by atoms with van der Waals surface area (Å²) in [5.74, 6) is -0.308. The molecule has 8 heteroatoms. The third kappa shape index (κ3) is 4.54. The number of aryl methyl sites for hydroxylation is 2. The van der Waals surface area contributed by atoms with E-state index in [1.54, 1.807) is 12.4 Å². The number of amides is 1. The van der Waals surface area contributed by atoms with Crippen molar-refractivity contribution in [1.29, 1.82) is 0 Å². The lowest BCUT2D eigenvalue weighted by molar-refractivity contribution is -0.117. The molecule has 31 heavy (non-hydrogen) atoms. The molecule has 0 aliphatic heterocycles. The van der Waals surface area contributed by atoms with Crippen LogP contribution < -0.4 is 11.0 Å². The van der Waals surface area contributed by atoms with Gasteiger partial charge in [-0.25, -0.2) is 18.9 Å². The highest BCUT2D eigenvalue weighted by Crippen LogP contribution is 2.31. The number of benzene rings is 2. The summed E-state index contributed by atoms with van der Waals surface area (Å²) in [6, 6.07) is 15.7. The number of carbonyl (C=O) groups excluding carboxylic acids is 1. The predicted molar refractivity (Wildman–Crippen MR) is 122 cm³/mol. The molecule has 0 atom stereocenters. The average molecular weight is 434 g/mol. The number of carbonyl (C=O) groups is 1. The molecule has 0 radical (unpaired) electrons. The lowest BCUT2D eigenvalue weighted by Gasteiger charge is -2.06. The molecule has 4 aromatic rings. The number of fused-ring (bicyclic) bond motifs is 1. The summed E-state index contributed by atoms with van der Waals surface area (Å²) in [5, 5.41) is 7.86. The van der Waals surface area contributed by atoms with Gasteiger partial charge >= 0.3 is 5.69 Å². The molecule has 2 aromatic heterocycles. The Morgan fingerprint density at radius 1 is 1.10 bits per heavy atom. The normalized spacial score (nSPS) is 11.0. The smallest absolute Gasteiger partial charge is 0.324 e. The van der Waals surface area contributed by atoms with Gasteiger partial charge in [-0.15, -0.1) is 5.10 Å². The first-order valence-electron chi connectivity index (χ1n) is 10.2. The van der Waals surface area contributed by atoms with E-state index in [-0.39, 0.29) is 18.1 Å². The van der Waals surface area contributed by atoms with Crippen LogP contribution in [0.25, 0.3) is 5.65 Å². The maximum absolute atomic E-state index is 12.8. The van der Waals surface area contributed by atoms with E-state index in [1.807, 2.05) is 42.5 Å². The molecule has 0 saturated carbocycles. The first-order chi connectivity index (χ1) is 15.1. The van der Waals surface area contributed by atoms with Crippen molar-refractivity contribution < 1.29 is 4.79 Å². The van der Waals surface area contributed by atoms with E-state index in [2.05, 4.69) is 35.3 Å². The van der Waals surface area contributed by atoms with E-state index in [4.69, 9.17) is 0 Å². The highest BCUT2D eigenvalue weighted by molar-refractivity contribution is 7.99. The summed E-state index contributed by atoms with van der Waals surface area (Å²) >= 11 is 1.47. The van der Waals surface area contributed by atoms with Crippen LogP contribution in [0.3, 0.4) is 0 Å². The van der Waals surface area contributed by atoms with Gasteiger partial charge in [0.2, 0.25) is 5.91 Å². The third-order valence-electron chi connectivity index (χ3n) is 4.94. The molecule has 0 aliphatic rings. The lowest BCUT2D eigenvalue weighted by atomic mass is 10.1. The first-order valence-corrected chi connectivity index (χ1v) is 11.0. The Morgan fingerprint density at radius 3 is 2.74 bits per heavy atom. The van der Waals surface area contributed by atoms with Crippen molar-refractivity contribution in [2.75, 3.05) is 5.32 Å². The van der Waals surface area contributed by atoms with Crippen LogP contribution in [0.4, 0.5) is 5.69 Å². The van der Waals surface area contributed by atoms with E-state index in [0.29, 0.717) is 16.4 Å². The molecule has 2 heterocycles. The highest BCUT2D eigenvalue weighted by Gasteiger charge is 2.16. The Bertz CT molecular complexity index is 1290. The molecule has 4 rings (SSSR count). The molecule has 0 fully saturated rings. The second-order valence-electron chi connectivity index (χ2n) is 7.03. The summed E-state index contributed by atoms with van der Waals surface area (Å²) < 4.78 is 2.60. The van der Waals surface area contributed by atoms with Crippen molar-refractivity contribution in [3.05, 3.63) is 82.5 Å². The van der Waals surface area contributed by atoms with Crippen molar-refractivity contribution in [1.82, 2.24) is 19.2 Å². The van der Waals surface area contributed by atoms with E-state index >= 15 is 0 Å². The largest absolute Gasteiger partial charge is 0.350 e. The highest BCUT2D eigenvalue weighted by atomic mass is 32.2. The molecular weight excluding hydrogens is 410 g/mol. The van der Waals surface area contributed by atoms with E-state index in [9.17, 15) is 9.59 Å². The Labute approximate surface area is 184 Å². The molecule has 0 saturated heterocycles. The minimum atomic E-state index is -0.375. The number of nitrogens with one attached hydrogen (secondary N) is 1. The molecule has 1 amide bonds.